The molecule has 1 saturated heterocycles. The average molecular weight is 312 g/mol. The molecule has 1 aromatic carbocycles. The summed E-state index contributed by atoms with van der Waals surface area (Å²) in [5, 5.41) is 3.63. The quantitative estimate of drug-likeness (QED) is 0.931. The molecule has 2 aliphatic rings. The first-order valence-corrected chi connectivity index (χ1v) is 8.03. The summed E-state index contributed by atoms with van der Waals surface area (Å²) in [5.41, 5.74) is 1.15. The van der Waals surface area contributed by atoms with E-state index in [0.29, 0.717) is 12.8 Å². The molecular weight excluding hydrogens is 292 g/mol. The lowest BCUT2D eigenvalue weighted by atomic mass is 10.1. The Hall–Kier alpha value is -2.34. The maximum atomic E-state index is 5.57. The molecule has 2 aliphatic heterocycles. The molecule has 0 spiro atoms. The summed E-state index contributed by atoms with van der Waals surface area (Å²) in [5.74, 6) is 2.53. The Kier molecular flexibility index (Phi) is 3.98. The van der Waals surface area contributed by atoms with Gasteiger partial charge in [0.05, 0.1) is 0 Å². The number of para-hydroxylation sites is 1. The number of piperidine rings is 1. The van der Waals surface area contributed by atoms with E-state index in [4.69, 9.17) is 9.47 Å². The Labute approximate surface area is 135 Å². The van der Waals surface area contributed by atoms with Crippen molar-refractivity contribution < 1.29 is 9.47 Å². The van der Waals surface area contributed by atoms with Gasteiger partial charge in [-0.25, -0.2) is 9.97 Å². The third-order valence-corrected chi connectivity index (χ3v) is 4.32. The predicted octanol–water partition coefficient (Wildman–Crippen LogP) is 1.96. The van der Waals surface area contributed by atoms with Gasteiger partial charge in [0.15, 0.2) is 11.5 Å². The van der Waals surface area contributed by atoms with Crippen molar-refractivity contribution in [2.24, 2.45) is 0 Å². The highest BCUT2D eigenvalue weighted by Gasteiger charge is 2.22. The van der Waals surface area contributed by atoms with Gasteiger partial charge in [-0.1, -0.05) is 12.1 Å². The third-order valence-electron chi connectivity index (χ3n) is 4.32. The van der Waals surface area contributed by atoms with Gasteiger partial charge in [0, 0.05) is 43.6 Å². The smallest absolute Gasteiger partial charge is 0.231 e. The maximum Gasteiger partial charge on any atom is 0.231 e. The van der Waals surface area contributed by atoms with E-state index in [1.807, 2.05) is 18.2 Å². The standard InChI is InChI=1S/C17H20N4O2/c1-4-13(16-15(6-1)22-12-23-16)10-20-14-5-2-9-21(11-14)17-18-7-3-8-19-17/h1,3-4,6-8,14,20H,2,5,9-12H2/t14-/m1/s1. The van der Waals surface area contributed by atoms with E-state index in [2.05, 4.69) is 26.3 Å². The van der Waals surface area contributed by atoms with Crippen molar-refractivity contribution in [3.05, 3.63) is 42.2 Å². The molecule has 0 radical (unpaired) electrons. The van der Waals surface area contributed by atoms with Crippen molar-refractivity contribution in [1.29, 1.82) is 0 Å². The van der Waals surface area contributed by atoms with Crippen LogP contribution in [0, 0.1) is 0 Å². The van der Waals surface area contributed by atoms with Gasteiger partial charge >= 0.3 is 0 Å². The van der Waals surface area contributed by atoms with Gasteiger partial charge in [0.25, 0.3) is 0 Å². The van der Waals surface area contributed by atoms with Gasteiger partial charge in [-0.3, -0.25) is 0 Å². The van der Waals surface area contributed by atoms with Crippen LogP contribution in [0.4, 0.5) is 5.95 Å². The number of rotatable bonds is 4. The molecule has 1 atom stereocenters. The second-order valence-electron chi connectivity index (χ2n) is 5.87. The number of hydrogen-bond donors (Lipinski definition) is 1. The topological polar surface area (TPSA) is 59.5 Å². The van der Waals surface area contributed by atoms with E-state index in [9.17, 15) is 0 Å². The molecule has 0 amide bonds. The van der Waals surface area contributed by atoms with Gasteiger partial charge in [-0.15, -0.1) is 0 Å². The summed E-state index contributed by atoms with van der Waals surface area (Å²) < 4.78 is 11.0. The van der Waals surface area contributed by atoms with E-state index in [-0.39, 0.29) is 0 Å². The monoisotopic (exact) mass is 312 g/mol. The predicted molar refractivity (Wildman–Crippen MR) is 86.7 cm³/mol. The Balaban J connectivity index is 1.39. The molecule has 0 saturated carbocycles. The lowest BCUT2D eigenvalue weighted by Crippen LogP contribution is -2.46. The SMILES string of the molecule is c1cnc(N2CCC[C@@H](NCc3cccc4c3OCO4)C2)nc1. The van der Waals surface area contributed by atoms with Crippen LogP contribution >= 0.6 is 0 Å². The number of ether oxygens (including phenoxy) is 2. The summed E-state index contributed by atoms with van der Waals surface area (Å²) in [4.78, 5) is 11.0. The van der Waals surface area contributed by atoms with E-state index in [0.717, 1.165) is 55.5 Å². The molecule has 4 rings (SSSR count). The van der Waals surface area contributed by atoms with Crippen LogP contribution in [0.3, 0.4) is 0 Å². The van der Waals surface area contributed by atoms with E-state index < -0.39 is 0 Å². The van der Waals surface area contributed by atoms with Gasteiger partial charge in [0.1, 0.15) is 0 Å². The second kappa shape index (κ2) is 6.42. The number of benzene rings is 1. The minimum atomic E-state index is 0.314. The minimum absolute atomic E-state index is 0.314. The van der Waals surface area contributed by atoms with E-state index in [1.54, 1.807) is 12.4 Å². The first kappa shape index (κ1) is 14.3. The molecule has 120 valence electrons. The minimum Gasteiger partial charge on any atom is -0.454 e. The van der Waals surface area contributed by atoms with Crippen LogP contribution in [0.2, 0.25) is 0 Å². The Morgan fingerprint density at radius 3 is 3.00 bits per heavy atom. The number of hydrogen-bond acceptors (Lipinski definition) is 6. The van der Waals surface area contributed by atoms with Crippen molar-refractivity contribution >= 4 is 5.95 Å². The first-order valence-electron chi connectivity index (χ1n) is 8.03. The summed E-state index contributed by atoms with van der Waals surface area (Å²) in [7, 11) is 0. The number of nitrogens with one attached hydrogen (secondary N) is 1. The summed E-state index contributed by atoms with van der Waals surface area (Å²) in [6, 6.07) is 8.31. The summed E-state index contributed by atoms with van der Waals surface area (Å²) in [6.45, 7) is 3.03. The van der Waals surface area contributed by atoms with Crippen molar-refractivity contribution in [1.82, 2.24) is 15.3 Å². The van der Waals surface area contributed by atoms with Crippen molar-refractivity contribution in [3.63, 3.8) is 0 Å². The highest BCUT2D eigenvalue weighted by molar-refractivity contribution is 5.48. The zero-order valence-corrected chi connectivity index (χ0v) is 12.9. The fourth-order valence-electron chi connectivity index (χ4n) is 3.16. The highest BCUT2D eigenvalue weighted by atomic mass is 16.7. The van der Waals surface area contributed by atoms with Crippen LogP contribution in [-0.4, -0.2) is 35.9 Å². The largest absolute Gasteiger partial charge is 0.454 e. The van der Waals surface area contributed by atoms with Gasteiger partial charge < -0.3 is 19.7 Å². The Morgan fingerprint density at radius 1 is 1.17 bits per heavy atom. The van der Waals surface area contributed by atoms with Crippen molar-refractivity contribution in [2.75, 3.05) is 24.8 Å². The molecule has 23 heavy (non-hydrogen) atoms. The highest BCUT2D eigenvalue weighted by Crippen LogP contribution is 2.35. The normalized spacial score (nSPS) is 19.8. The number of anilines is 1. The lowest BCUT2D eigenvalue weighted by molar-refractivity contribution is 0.173. The van der Waals surface area contributed by atoms with Crippen molar-refractivity contribution in [3.8, 4) is 11.5 Å². The first-order chi connectivity index (χ1) is 11.4. The van der Waals surface area contributed by atoms with E-state index >= 15 is 0 Å². The van der Waals surface area contributed by atoms with Crippen molar-refractivity contribution in [2.45, 2.75) is 25.4 Å². The van der Waals surface area contributed by atoms with Crippen LogP contribution in [0.25, 0.3) is 0 Å². The molecule has 3 heterocycles. The molecule has 1 N–H and O–H groups in total. The molecule has 6 heteroatoms. The molecule has 2 aromatic rings. The zero-order chi connectivity index (χ0) is 15.5. The molecule has 0 bridgehead atoms. The second-order valence-corrected chi connectivity index (χ2v) is 5.87. The van der Waals surface area contributed by atoms with Crippen LogP contribution in [0.5, 0.6) is 11.5 Å². The average Bonchev–Trinajstić information content (AvgIpc) is 3.10. The molecule has 0 unspecified atom stereocenters. The summed E-state index contributed by atoms with van der Waals surface area (Å²) >= 11 is 0. The van der Waals surface area contributed by atoms with Crippen LogP contribution in [-0.2, 0) is 6.54 Å². The Bertz CT molecular complexity index is 665. The van der Waals surface area contributed by atoms with Gasteiger partial charge in [0.2, 0.25) is 12.7 Å². The summed E-state index contributed by atoms with van der Waals surface area (Å²) in [6.07, 6.45) is 5.89. The van der Waals surface area contributed by atoms with Gasteiger partial charge in [-0.2, -0.15) is 0 Å². The number of nitrogens with zero attached hydrogens (tertiary/aromatic N) is 3. The fraction of sp³-hybridized carbons (Fsp3) is 0.412. The van der Waals surface area contributed by atoms with E-state index in [1.165, 1.54) is 0 Å². The molecule has 1 fully saturated rings. The van der Waals surface area contributed by atoms with Crippen LogP contribution < -0.4 is 19.7 Å². The molecule has 0 aliphatic carbocycles. The van der Waals surface area contributed by atoms with Crippen LogP contribution in [0.15, 0.2) is 36.7 Å². The van der Waals surface area contributed by atoms with Crippen LogP contribution in [0.1, 0.15) is 18.4 Å². The maximum absolute atomic E-state index is 5.57. The zero-order valence-electron chi connectivity index (χ0n) is 12.9. The Morgan fingerprint density at radius 2 is 2.09 bits per heavy atom. The number of fused-ring (bicyclic) bond motifs is 1. The van der Waals surface area contributed by atoms with Gasteiger partial charge in [-0.05, 0) is 25.0 Å². The lowest BCUT2D eigenvalue weighted by Gasteiger charge is -2.33. The molecule has 6 nitrogen and oxygen atoms in total. The molecule has 1 aromatic heterocycles. The fourth-order valence-corrected chi connectivity index (χ4v) is 3.16. The molecular formula is C17H20N4O2. The third kappa shape index (κ3) is 3.07. The number of aromatic nitrogens is 2.